The number of carbonyl (C=O) groups excluding carboxylic acids is 1. The maximum atomic E-state index is 9.92. The highest BCUT2D eigenvalue weighted by molar-refractivity contribution is 5.39. The van der Waals surface area contributed by atoms with E-state index in [1.54, 1.807) is 0 Å². The lowest BCUT2D eigenvalue weighted by Gasteiger charge is -2.17. The molecule has 0 radical (unpaired) electrons. The summed E-state index contributed by atoms with van der Waals surface area (Å²) in [5, 5.41) is 0. The summed E-state index contributed by atoms with van der Waals surface area (Å²) < 4.78 is 10.4. The summed E-state index contributed by atoms with van der Waals surface area (Å²) in [5.74, 6) is 0.815. The Morgan fingerprint density at radius 3 is 3.29 bits per heavy atom. The van der Waals surface area contributed by atoms with Gasteiger partial charge in [-0.25, -0.2) is 9.79 Å². The molecule has 0 unspecified atom stereocenters. The first-order valence-electron chi connectivity index (χ1n) is 4.26. The van der Waals surface area contributed by atoms with Crippen molar-refractivity contribution >= 4 is 6.08 Å². The van der Waals surface area contributed by atoms with Crippen LogP contribution in [0.15, 0.2) is 23.2 Å². The summed E-state index contributed by atoms with van der Waals surface area (Å²) in [6, 6.07) is 5.69. The highest BCUT2D eigenvalue weighted by Crippen LogP contribution is 2.24. The largest absolute Gasteiger partial charge is 0.467 e. The molecule has 1 aliphatic rings. The molecule has 14 heavy (non-hydrogen) atoms. The van der Waals surface area contributed by atoms with Crippen LogP contribution in [0, 0.1) is 0 Å². The molecule has 0 N–H and O–H groups in total. The number of aliphatic imine (C=N–C) groups is 1. The third kappa shape index (κ3) is 1.82. The van der Waals surface area contributed by atoms with Crippen molar-refractivity contribution in [2.75, 3.05) is 6.79 Å². The van der Waals surface area contributed by atoms with Crippen molar-refractivity contribution < 1.29 is 14.3 Å². The Bertz CT molecular complexity index is 383. The SMILES string of the molecule is O=C=NCc1ccc2c(c1)OCOC2. The number of hydrogen-bond acceptors (Lipinski definition) is 4. The average molecular weight is 191 g/mol. The van der Waals surface area contributed by atoms with Crippen LogP contribution in [0.1, 0.15) is 11.1 Å². The van der Waals surface area contributed by atoms with Crippen LogP contribution >= 0.6 is 0 Å². The van der Waals surface area contributed by atoms with Crippen molar-refractivity contribution in [2.24, 2.45) is 4.99 Å². The molecule has 0 saturated carbocycles. The lowest BCUT2D eigenvalue weighted by Crippen LogP contribution is -2.11. The minimum Gasteiger partial charge on any atom is -0.467 e. The molecule has 2 rings (SSSR count). The number of rotatable bonds is 2. The quantitative estimate of drug-likeness (QED) is 0.524. The van der Waals surface area contributed by atoms with E-state index >= 15 is 0 Å². The Balaban J connectivity index is 2.24. The molecule has 0 aromatic heterocycles. The van der Waals surface area contributed by atoms with Gasteiger partial charge in [0, 0.05) is 5.56 Å². The molecule has 1 aliphatic heterocycles. The molecule has 4 nitrogen and oxygen atoms in total. The number of isocyanates is 1. The summed E-state index contributed by atoms with van der Waals surface area (Å²) in [4.78, 5) is 13.4. The molecule has 72 valence electrons. The highest BCUT2D eigenvalue weighted by Gasteiger charge is 2.10. The fourth-order valence-electron chi connectivity index (χ4n) is 1.33. The van der Waals surface area contributed by atoms with Crippen molar-refractivity contribution in [1.82, 2.24) is 0 Å². The number of fused-ring (bicyclic) bond motifs is 1. The minimum absolute atomic E-state index is 0.285. The molecule has 0 saturated heterocycles. The molecular formula is C10H9NO3. The first-order valence-corrected chi connectivity index (χ1v) is 4.26. The average Bonchev–Trinajstić information content (AvgIpc) is 2.26. The predicted molar refractivity (Wildman–Crippen MR) is 48.6 cm³/mol. The van der Waals surface area contributed by atoms with Crippen molar-refractivity contribution in [3.05, 3.63) is 29.3 Å². The Morgan fingerprint density at radius 1 is 1.50 bits per heavy atom. The van der Waals surface area contributed by atoms with Crippen molar-refractivity contribution in [3.8, 4) is 5.75 Å². The van der Waals surface area contributed by atoms with E-state index in [1.165, 1.54) is 6.08 Å². The van der Waals surface area contributed by atoms with Gasteiger partial charge < -0.3 is 9.47 Å². The maximum absolute atomic E-state index is 9.92. The minimum atomic E-state index is 0.285. The molecule has 0 atom stereocenters. The summed E-state index contributed by atoms with van der Waals surface area (Å²) in [6.07, 6.45) is 1.51. The zero-order valence-corrected chi connectivity index (χ0v) is 7.53. The first-order chi connectivity index (χ1) is 6.90. The molecule has 1 aromatic carbocycles. The van der Waals surface area contributed by atoms with Crippen LogP contribution in [0.2, 0.25) is 0 Å². The summed E-state index contributed by atoms with van der Waals surface area (Å²) in [6.45, 7) is 1.21. The van der Waals surface area contributed by atoms with Crippen molar-refractivity contribution in [3.63, 3.8) is 0 Å². The Kier molecular flexibility index (Phi) is 2.58. The third-order valence-corrected chi connectivity index (χ3v) is 2.01. The normalized spacial score (nSPS) is 13.7. The molecule has 0 bridgehead atoms. The molecular weight excluding hydrogens is 182 g/mol. The number of ether oxygens (including phenoxy) is 2. The van der Waals surface area contributed by atoms with Crippen LogP contribution in [0.25, 0.3) is 0 Å². The monoisotopic (exact) mass is 191 g/mol. The van der Waals surface area contributed by atoms with E-state index in [1.807, 2.05) is 18.2 Å². The van der Waals surface area contributed by atoms with Crippen molar-refractivity contribution in [2.45, 2.75) is 13.2 Å². The van der Waals surface area contributed by atoms with Gasteiger partial charge >= 0.3 is 0 Å². The molecule has 0 spiro atoms. The van der Waals surface area contributed by atoms with E-state index in [0.29, 0.717) is 13.2 Å². The molecule has 1 heterocycles. The highest BCUT2D eigenvalue weighted by atomic mass is 16.7. The second-order valence-electron chi connectivity index (χ2n) is 2.96. The smallest absolute Gasteiger partial charge is 0.235 e. The summed E-state index contributed by atoms with van der Waals surface area (Å²) in [5.41, 5.74) is 1.96. The van der Waals surface area contributed by atoms with Crippen LogP contribution in [0.4, 0.5) is 0 Å². The zero-order chi connectivity index (χ0) is 9.80. The van der Waals surface area contributed by atoms with E-state index in [-0.39, 0.29) is 6.79 Å². The summed E-state index contributed by atoms with van der Waals surface area (Å²) in [7, 11) is 0. The van der Waals surface area contributed by atoms with Crippen LogP contribution < -0.4 is 4.74 Å². The van der Waals surface area contributed by atoms with Gasteiger partial charge in [-0.15, -0.1) is 0 Å². The second-order valence-corrected chi connectivity index (χ2v) is 2.96. The van der Waals surface area contributed by atoms with Crippen molar-refractivity contribution in [1.29, 1.82) is 0 Å². The molecule has 0 fully saturated rings. The van der Waals surface area contributed by atoms with Gasteiger partial charge in [-0.05, 0) is 11.6 Å². The van der Waals surface area contributed by atoms with Gasteiger partial charge in [-0.2, -0.15) is 0 Å². The predicted octanol–water partition coefficient (Wildman–Crippen LogP) is 1.39. The lowest BCUT2D eigenvalue weighted by atomic mass is 10.1. The van der Waals surface area contributed by atoms with Gasteiger partial charge in [-0.1, -0.05) is 12.1 Å². The Labute approximate surface area is 81.2 Å². The number of nitrogens with zero attached hydrogens (tertiary/aromatic N) is 1. The van der Waals surface area contributed by atoms with Gasteiger partial charge in [0.15, 0.2) is 6.79 Å². The Morgan fingerprint density at radius 2 is 2.43 bits per heavy atom. The van der Waals surface area contributed by atoms with Gasteiger partial charge in [0.05, 0.1) is 13.2 Å². The van der Waals surface area contributed by atoms with E-state index in [2.05, 4.69) is 4.99 Å². The van der Waals surface area contributed by atoms with E-state index in [4.69, 9.17) is 9.47 Å². The molecule has 0 aliphatic carbocycles. The summed E-state index contributed by atoms with van der Waals surface area (Å²) >= 11 is 0. The molecule has 4 heteroatoms. The first kappa shape index (κ1) is 8.94. The number of hydrogen-bond donors (Lipinski definition) is 0. The fourth-order valence-corrected chi connectivity index (χ4v) is 1.33. The topological polar surface area (TPSA) is 47.9 Å². The third-order valence-electron chi connectivity index (χ3n) is 2.01. The van der Waals surface area contributed by atoms with E-state index in [9.17, 15) is 4.79 Å². The molecule has 0 amide bonds. The van der Waals surface area contributed by atoms with Crippen LogP contribution in [-0.4, -0.2) is 12.9 Å². The van der Waals surface area contributed by atoms with E-state index < -0.39 is 0 Å². The van der Waals surface area contributed by atoms with Crippen LogP contribution in [0.5, 0.6) is 5.75 Å². The van der Waals surface area contributed by atoms with Gasteiger partial charge in [0.25, 0.3) is 0 Å². The van der Waals surface area contributed by atoms with Crippen LogP contribution in [-0.2, 0) is 22.7 Å². The fraction of sp³-hybridized carbons (Fsp3) is 0.300. The second kappa shape index (κ2) is 4.05. The lowest BCUT2D eigenvalue weighted by molar-refractivity contribution is -0.0164. The van der Waals surface area contributed by atoms with Gasteiger partial charge in [0.1, 0.15) is 5.75 Å². The zero-order valence-electron chi connectivity index (χ0n) is 7.53. The van der Waals surface area contributed by atoms with Gasteiger partial charge in [-0.3, -0.25) is 0 Å². The van der Waals surface area contributed by atoms with Gasteiger partial charge in [0.2, 0.25) is 6.08 Å². The standard InChI is InChI=1S/C10H9NO3/c12-6-11-4-8-1-2-9-5-13-7-14-10(9)3-8/h1-3H,4-5,7H2. The van der Waals surface area contributed by atoms with Crippen LogP contribution in [0.3, 0.4) is 0 Å². The number of benzene rings is 1. The molecule has 1 aromatic rings. The Hall–Kier alpha value is -1.64. The van der Waals surface area contributed by atoms with E-state index in [0.717, 1.165) is 16.9 Å². The maximum Gasteiger partial charge on any atom is 0.235 e.